The van der Waals surface area contributed by atoms with E-state index in [-0.39, 0.29) is 51.3 Å². The highest BCUT2D eigenvalue weighted by Gasteiger charge is 2.49. The smallest absolute Gasteiger partial charge is 0.340 e. The van der Waals surface area contributed by atoms with Crippen LogP contribution in [0.4, 0.5) is 0 Å². The standard InChI is InChI=1S/C59H61N5O15/c1-6-31-60-50(67)38-77-55-54(48(37-75-40-53(70)62(32-7-2)33-8-3)79-57(55)63-34-30-52(69)64(58(63)72)56(71)42-17-11-9-12-18-42)76-39-51(68)61-49(66)21-15-16-41(35-65)36-78-59(43-19-13-10-14-20-43,44-22-26-46(73-4)27-23-44)45-24-28-47(74-5)29-25-45/h1-3,9-14,17-20,22-30,34,41,48,54-55,57,65H,15-16,21,31-33,35-40H2,4-5H3,(H,60,67)(H,61,66,68)/t41?,48-,54?,55+,57-/m1/s1. The second kappa shape index (κ2) is 29.8. The maximum absolute atomic E-state index is 14.1. The molecule has 4 amide bonds. The molecule has 1 aliphatic rings. The number of ether oxygens (including phenoxy) is 7. The van der Waals surface area contributed by atoms with Gasteiger partial charge in [-0.1, -0.05) is 90.6 Å². The number of benzene rings is 4. The highest BCUT2D eigenvalue weighted by molar-refractivity contribution is 5.96. The van der Waals surface area contributed by atoms with Crippen molar-refractivity contribution in [3.63, 3.8) is 0 Å². The molecule has 20 heteroatoms. The van der Waals surface area contributed by atoms with Crippen LogP contribution in [0.1, 0.15) is 52.5 Å². The van der Waals surface area contributed by atoms with E-state index < -0.39 is 103 Å². The van der Waals surface area contributed by atoms with Crippen molar-refractivity contribution in [3.8, 4) is 48.5 Å². The molecular formula is C59H61N5O15. The number of carbonyl (C=O) groups excluding carboxylic acids is 5. The monoisotopic (exact) mass is 1080 g/mol. The first-order valence-corrected chi connectivity index (χ1v) is 25.0. The molecule has 1 saturated heterocycles. The highest BCUT2D eigenvalue weighted by atomic mass is 16.6. The van der Waals surface area contributed by atoms with Gasteiger partial charge < -0.3 is 48.5 Å². The molecule has 0 aliphatic carbocycles. The highest BCUT2D eigenvalue weighted by Crippen LogP contribution is 2.42. The van der Waals surface area contributed by atoms with Gasteiger partial charge in [0.05, 0.1) is 47.1 Å². The van der Waals surface area contributed by atoms with Crippen LogP contribution in [0.25, 0.3) is 0 Å². The molecule has 1 fully saturated rings. The predicted molar refractivity (Wildman–Crippen MR) is 287 cm³/mol. The first-order valence-electron chi connectivity index (χ1n) is 25.0. The molecule has 5 atom stereocenters. The lowest BCUT2D eigenvalue weighted by molar-refractivity contribution is -0.143. The van der Waals surface area contributed by atoms with Crippen LogP contribution in [-0.2, 0) is 48.5 Å². The number of nitrogens with one attached hydrogen (secondary N) is 2. The lowest BCUT2D eigenvalue weighted by Crippen LogP contribution is -2.47. The molecule has 4 aromatic carbocycles. The van der Waals surface area contributed by atoms with E-state index in [0.29, 0.717) is 22.5 Å². The van der Waals surface area contributed by atoms with E-state index in [2.05, 4.69) is 28.4 Å². The Morgan fingerprint density at radius 1 is 0.734 bits per heavy atom. The van der Waals surface area contributed by atoms with E-state index in [0.717, 1.165) is 33.5 Å². The number of aliphatic hydroxyl groups is 1. The third-order valence-corrected chi connectivity index (χ3v) is 12.7. The molecule has 79 heavy (non-hydrogen) atoms. The van der Waals surface area contributed by atoms with Crippen molar-refractivity contribution < 1.29 is 62.2 Å². The first-order chi connectivity index (χ1) is 38.3. The molecule has 5 aromatic rings. The lowest BCUT2D eigenvalue weighted by Gasteiger charge is -2.37. The van der Waals surface area contributed by atoms with Gasteiger partial charge >= 0.3 is 5.69 Å². The summed E-state index contributed by atoms with van der Waals surface area (Å²) in [4.78, 5) is 94.8. The SMILES string of the molecule is C#CCNC(=O)CO[C@H]1C(OCC(=O)NC(=O)CCCC(CO)COC(c2ccccc2)(c2ccc(OC)cc2)c2ccc(OC)cc2)[C@@H](COCC(=O)N(CC#C)CC#C)O[C@H]1n1ccc(=O)n(C(=O)c2ccccc2)c1=O. The Bertz CT molecular complexity index is 3040. The summed E-state index contributed by atoms with van der Waals surface area (Å²) in [6, 6.07) is 33.1. The number of nitrogens with zero attached hydrogens (tertiary/aromatic N) is 3. The molecular weight excluding hydrogens is 1020 g/mol. The number of imide groups is 1. The summed E-state index contributed by atoms with van der Waals surface area (Å²) in [7, 11) is 3.16. The lowest BCUT2D eigenvalue weighted by atomic mass is 9.79. The normalized spacial score (nSPS) is 16.1. The number of hydrogen-bond acceptors (Lipinski definition) is 15. The number of rotatable bonds is 28. The predicted octanol–water partition coefficient (Wildman–Crippen LogP) is 2.67. The summed E-state index contributed by atoms with van der Waals surface area (Å²) < 4.78 is 43.3. The zero-order valence-electron chi connectivity index (χ0n) is 43.7. The Kier molecular flexibility index (Phi) is 22.4. The Labute approximate surface area is 456 Å². The third-order valence-electron chi connectivity index (χ3n) is 12.7. The van der Waals surface area contributed by atoms with Gasteiger partial charge in [-0.3, -0.25) is 38.7 Å². The van der Waals surface area contributed by atoms with Crippen molar-refractivity contribution in [1.82, 2.24) is 24.7 Å². The maximum atomic E-state index is 14.1. The molecule has 20 nitrogen and oxygen atoms in total. The number of aromatic nitrogens is 2. The van der Waals surface area contributed by atoms with Gasteiger partial charge in [0.25, 0.3) is 17.4 Å². The van der Waals surface area contributed by atoms with E-state index >= 15 is 0 Å². The summed E-state index contributed by atoms with van der Waals surface area (Å²) in [5, 5.41) is 15.4. The zero-order chi connectivity index (χ0) is 56.7. The van der Waals surface area contributed by atoms with Gasteiger partial charge in [0.2, 0.25) is 17.7 Å². The fraction of sp³-hybridized carbons (Fsp3) is 0.339. The van der Waals surface area contributed by atoms with E-state index in [4.69, 9.17) is 52.4 Å². The van der Waals surface area contributed by atoms with Gasteiger partial charge in [-0.05, 0) is 65.9 Å². The van der Waals surface area contributed by atoms with Gasteiger partial charge in [0, 0.05) is 36.8 Å². The first kappa shape index (κ1) is 59.6. The van der Waals surface area contributed by atoms with Crippen molar-refractivity contribution in [3.05, 3.63) is 165 Å². The molecule has 0 saturated carbocycles. The summed E-state index contributed by atoms with van der Waals surface area (Å²) in [5.74, 6) is 4.00. The van der Waals surface area contributed by atoms with Gasteiger partial charge in [0.1, 0.15) is 55.2 Å². The maximum Gasteiger partial charge on any atom is 0.340 e. The molecule has 2 heterocycles. The number of amides is 4. The van der Waals surface area contributed by atoms with E-state index in [1.165, 1.54) is 17.0 Å². The van der Waals surface area contributed by atoms with E-state index in [1.807, 2.05) is 78.9 Å². The molecule has 1 aliphatic heterocycles. The van der Waals surface area contributed by atoms with Crippen molar-refractivity contribution >= 4 is 29.5 Å². The van der Waals surface area contributed by atoms with Crippen LogP contribution in [0.3, 0.4) is 0 Å². The number of aliphatic hydroxyl groups excluding tert-OH is 1. The van der Waals surface area contributed by atoms with Gasteiger partial charge in [-0.15, -0.1) is 19.3 Å². The van der Waals surface area contributed by atoms with Crippen LogP contribution in [0, 0.1) is 42.9 Å². The molecule has 0 bridgehead atoms. The second-order valence-electron chi connectivity index (χ2n) is 17.8. The number of methoxy groups -OCH3 is 2. The second-order valence-corrected chi connectivity index (χ2v) is 17.8. The van der Waals surface area contributed by atoms with Crippen LogP contribution in [0.5, 0.6) is 11.5 Å². The third kappa shape index (κ3) is 15.5. The average Bonchev–Trinajstić information content (AvgIpc) is 3.86. The minimum absolute atomic E-state index is 0.0184. The minimum atomic E-state index is -1.57. The van der Waals surface area contributed by atoms with Gasteiger partial charge in [-0.25, -0.2) is 4.79 Å². The quantitative estimate of drug-likeness (QED) is 0.0482. The zero-order valence-corrected chi connectivity index (χ0v) is 43.7. The van der Waals surface area contributed by atoms with Crippen molar-refractivity contribution in [1.29, 1.82) is 0 Å². The fourth-order valence-electron chi connectivity index (χ4n) is 8.73. The van der Waals surface area contributed by atoms with Crippen LogP contribution in [0.2, 0.25) is 0 Å². The Morgan fingerprint density at radius 3 is 1.90 bits per heavy atom. The van der Waals surface area contributed by atoms with Crippen LogP contribution >= 0.6 is 0 Å². The molecule has 0 spiro atoms. The summed E-state index contributed by atoms with van der Waals surface area (Å²) in [6.45, 7) is -3.15. The van der Waals surface area contributed by atoms with Crippen molar-refractivity contribution in [2.24, 2.45) is 5.92 Å². The summed E-state index contributed by atoms with van der Waals surface area (Å²) >= 11 is 0. The van der Waals surface area contributed by atoms with Crippen LogP contribution in [-0.4, -0.2) is 140 Å². The molecule has 2 unspecified atom stereocenters. The van der Waals surface area contributed by atoms with E-state index in [9.17, 15) is 38.7 Å². The van der Waals surface area contributed by atoms with Crippen LogP contribution in [0.15, 0.2) is 131 Å². The van der Waals surface area contributed by atoms with E-state index in [1.54, 1.807) is 32.4 Å². The van der Waals surface area contributed by atoms with Crippen LogP contribution < -0.4 is 31.4 Å². The fourth-order valence-corrected chi connectivity index (χ4v) is 8.73. The van der Waals surface area contributed by atoms with Crippen molar-refractivity contribution in [2.45, 2.75) is 49.4 Å². The molecule has 0 radical (unpaired) electrons. The Hall–Kier alpha value is -8.65. The summed E-state index contributed by atoms with van der Waals surface area (Å²) in [6.07, 6.45) is 11.9. The minimum Gasteiger partial charge on any atom is -0.497 e. The van der Waals surface area contributed by atoms with Gasteiger partial charge in [0.15, 0.2) is 6.23 Å². The Morgan fingerprint density at radius 2 is 1.32 bits per heavy atom. The number of terminal acetylenes is 3. The summed E-state index contributed by atoms with van der Waals surface area (Å²) in [5.41, 5.74) is -0.864. The Balaban J connectivity index is 1.18. The molecule has 1 aromatic heterocycles. The molecule has 412 valence electrons. The number of carbonyl (C=O) groups is 5. The molecule has 3 N–H and O–H groups in total. The van der Waals surface area contributed by atoms with Crippen molar-refractivity contribution in [2.75, 3.05) is 73.5 Å². The molecule has 6 rings (SSSR count). The van der Waals surface area contributed by atoms with Gasteiger partial charge in [-0.2, -0.15) is 4.57 Å². The number of hydrogen-bond donors (Lipinski definition) is 3. The topological polar surface area (TPSA) is 241 Å². The average molecular weight is 1080 g/mol. The largest absolute Gasteiger partial charge is 0.497 e.